The van der Waals surface area contributed by atoms with Gasteiger partial charge >= 0.3 is 0 Å². The number of rotatable bonds is 6. The molecule has 0 bridgehead atoms. The van der Waals surface area contributed by atoms with Gasteiger partial charge in [0, 0.05) is 0 Å². The van der Waals surface area contributed by atoms with Gasteiger partial charge in [0.25, 0.3) is 0 Å². The predicted octanol–water partition coefficient (Wildman–Crippen LogP) is 12.1. The van der Waals surface area contributed by atoms with Crippen molar-refractivity contribution in [1.29, 1.82) is 0 Å². The average molecular weight is 582 g/mol. The van der Waals surface area contributed by atoms with Gasteiger partial charge in [-0.2, -0.15) is 0 Å². The van der Waals surface area contributed by atoms with Gasteiger partial charge in [0.1, 0.15) is 0 Å². The standard InChI is InChI=1S/C42H33N.C2H6/c1-29(28-43)10-9-11-30-18-20-31(21-19-30)33-22-23-35-27-36(25-24-34(35)26-33)42-39-16-7-5-14-37(39)41(32-12-3-2-4-13-32)38-15-6-8-17-40(38)42;1-2/h2-10,12-28H,11,43H2,1H3;1-2H3/b10-9-,29-28-;. The molecule has 0 spiro atoms. The molecule has 0 aliphatic heterocycles. The summed E-state index contributed by atoms with van der Waals surface area (Å²) in [6, 6.07) is 51.0. The Morgan fingerprint density at radius 3 is 1.53 bits per heavy atom. The molecule has 2 N–H and O–H groups in total. The molecule has 0 saturated heterocycles. The van der Waals surface area contributed by atoms with E-state index in [-0.39, 0.29) is 0 Å². The highest BCUT2D eigenvalue weighted by Gasteiger charge is 2.16. The van der Waals surface area contributed by atoms with Gasteiger partial charge in [-0.3, -0.25) is 0 Å². The van der Waals surface area contributed by atoms with Crippen molar-refractivity contribution in [3.8, 4) is 33.4 Å². The Balaban J connectivity index is 0.00000175. The first-order valence-corrected chi connectivity index (χ1v) is 15.9. The number of allylic oxidation sites excluding steroid dienone is 3. The van der Waals surface area contributed by atoms with Gasteiger partial charge in [-0.1, -0.05) is 153 Å². The second-order valence-corrected chi connectivity index (χ2v) is 11.2. The molecule has 0 amide bonds. The van der Waals surface area contributed by atoms with E-state index in [0.29, 0.717) is 0 Å². The molecule has 0 aliphatic carbocycles. The van der Waals surface area contributed by atoms with E-state index >= 15 is 0 Å². The molecule has 220 valence electrons. The van der Waals surface area contributed by atoms with E-state index in [1.807, 2.05) is 20.8 Å². The van der Waals surface area contributed by atoms with Crippen molar-refractivity contribution < 1.29 is 0 Å². The fourth-order valence-electron chi connectivity index (χ4n) is 6.21. The molecule has 1 nitrogen and oxygen atoms in total. The molecule has 7 rings (SSSR count). The lowest BCUT2D eigenvalue weighted by atomic mass is 9.85. The normalized spacial score (nSPS) is 11.7. The smallest absolute Gasteiger partial charge is 0.00262 e. The molecule has 0 fully saturated rings. The molecule has 0 aromatic heterocycles. The van der Waals surface area contributed by atoms with Crippen LogP contribution in [0.3, 0.4) is 0 Å². The average Bonchev–Trinajstić information content (AvgIpc) is 3.11. The molecule has 7 aromatic carbocycles. The molecule has 0 atom stereocenters. The SMILES string of the molecule is CC.CC(/C=C\Cc1ccc(-c2ccc3cc(-c4c5ccccc5c(-c5ccccc5)c5ccccc45)ccc3c2)cc1)=C/N. The molecular weight excluding hydrogens is 542 g/mol. The topological polar surface area (TPSA) is 26.0 Å². The quantitative estimate of drug-likeness (QED) is 0.153. The van der Waals surface area contributed by atoms with E-state index in [4.69, 9.17) is 5.73 Å². The third-order valence-corrected chi connectivity index (χ3v) is 8.41. The number of benzene rings is 7. The minimum absolute atomic E-state index is 0.891. The molecule has 7 aromatic rings. The second-order valence-electron chi connectivity index (χ2n) is 11.2. The molecule has 0 aliphatic rings. The highest BCUT2D eigenvalue weighted by atomic mass is 14.5. The lowest BCUT2D eigenvalue weighted by molar-refractivity contribution is 1.26. The van der Waals surface area contributed by atoms with Crippen LogP contribution in [0.15, 0.2) is 163 Å². The highest BCUT2D eigenvalue weighted by molar-refractivity contribution is 6.21. The van der Waals surface area contributed by atoms with Crippen LogP contribution in [-0.4, -0.2) is 0 Å². The van der Waals surface area contributed by atoms with E-state index in [0.717, 1.165) is 12.0 Å². The first-order valence-electron chi connectivity index (χ1n) is 15.9. The van der Waals surface area contributed by atoms with Crippen LogP contribution in [0.5, 0.6) is 0 Å². The van der Waals surface area contributed by atoms with Crippen LogP contribution in [-0.2, 0) is 6.42 Å². The molecule has 0 unspecified atom stereocenters. The fraction of sp³-hybridized carbons (Fsp3) is 0.0909. The Bertz CT molecular complexity index is 2090. The third kappa shape index (κ3) is 6.03. The van der Waals surface area contributed by atoms with Crippen molar-refractivity contribution in [2.45, 2.75) is 27.2 Å². The molecule has 0 heterocycles. The molecule has 1 heteroatoms. The van der Waals surface area contributed by atoms with Crippen molar-refractivity contribution in [3.63, 3.8) is 0 Å². The zero-order chi connectivity index (χ0) is 31.2. The lowest BCUT2D eigenvalue weighted by Gasteiger charge is -2.18. The molecule has 45 heavy (non-hydrogen) atoms. The summed E-state index contributed by atoms with van der Waals surface area (Å²) < 4.78 is 0. The Morgan fingerprint density at radius 1 is 0.511 bits per heavy atom. The summed E-state index contributed by atoms with van der Waals surface area (Å²) in [5.41, 5.74) is 15.5. The second kappa shape index (κ2) is 13.5. The van der Waals surface area contributed by atoms with Crippen LogP contribution in [0.25, 0.3) is 65.7 Å². The maximum absolute atomic E-state index is 5.57. The largest absolute Gasteiger partial charge is 0.404 e. The van der Waals surface area contributed by atoms with Crippen LogP contribution >= 0.6 is 0 Å². The maximum Gasteiger partial charge on any atom is -0.00262 e. The summed E-state index contributed by atoms with van der Waals surface area (Å²) in [6.45, 7) is 6.01. The number of nitrogens with two attached hydrogens (primary N) is 1. The monoisotopic (exact) mass is 581 g/mol. The Kier molecular flexibility index (Phi) is 8.89. The van der Waals surface area contributed by atoms with Gasteiger partial charge in [-0.25, -0.2) is 0 Å². The van der Waals surface area contributed by atoms with Crippen LogP contribution in [0.1, 0.15) is 26.3 Å². The third-order valence-electron chi connectivity index (χ3n) is 8.41. The summed E-state index contributed by atoms with van der Waals surface area (Å²) >= 11 is 0. The van der Waals surface area contributed by atoms with Gasteiger partial charge in [0.15, 0.2) is 0 Å². The van der Waals surface area contributed by atoms with Crippen molar-refractivity contribution >= 4 is 32.3 Å². The lowest BCUT2D eigenvalue weighted by Crippen LogP contribution is -1.90. The van der Waals surface area contributed by atoms with Gasteiger partial charge in [-0.15, -0.1) is 0 Å². The van der Waals surface area contributed by atoms with Crippen LogP contribution < -0.4 is 5.73 Å². The van der Waals surface area contributed by atoms with Gasteiger partial charge in [-0.05, 0) is 109 Å². The van der Waals surface area contributed by atoms with Crippen LogP contribution in [0.2, 0.25) is 0 Å². The van der Waals surface area contributed by atoms with Gasteiger partial charge in [0.05, 0.1) is 0 Å². The number of hydrogen-bond acceptors (Lipinski definition) is 1. The predicted molar refractivity (Wildman–Crippen MR) is 197 cm³/mol. The maximum atomic E-state index is 5.57. The highest BCUT2D eigenvalue weighted by Crippen LogP contribution is 2.44. The fourth-order valence-corrected chi connectivity index (χ4v) is 6.21. The minimum atomic E-state index is 0.891. The zero-order valence-corrected chi connectivity index (χ0v) is 26.3. The van der Waals surface area contributed by atoms with Crippen molar-refractivity contribution in [3.05, 3.63) is 169 Å². The van der Waals surface area contributed by atoms with E-state index in [1.54, 1.807) is 6.20 Å². The number of fused-ring (bicyclic) bond motifs is 3. The van der Waals surface area contributed by atoms with Crippen LogP contribution in [0, 0.1) is 0 Å². The summed E-state index contributed by atoms with van der Waals surface area (Å²) in [7, 11) is 0. The summed E-state index contributed by atoms with van der Waals surface area (Å²) in [5.74, 6) is 0. The van der Waals surface area contributed by atoms with Gasteiger partial charge in [0.2, 0.25) is 0 Å². The Labute approximate surface area is 267 Å². The first kappa shape index (κ1) is 29.7. The summed E-state index contributed by atoms with van der Waals surface area (Å²) in [5, 5.41) is 7.60. The van der Waals surface area contributed by atoms with E-state index < -0.39 is 0 Å². The molecule has 0 radical (unpaired) electrons. The number of hydrogen-bond donors (Lipinski definition) is 1. The molecule has 0 saturated carbocycles. The van der Waals surface area contributed by atoms with E-state index in [9.17, 15) is 0 Å². The summed E-state index contributed by atoms with van der Waals surface area (Å²) in [6.07, 6.45) is 6.74. The van der Waals surface area contributed by atoms with Crippen molar-refractivity contribution in [2.24, 2.45) is 5.73 Å². The van der Waals surface area contributed by atoms with E-state index in [1.165, 1.54) is 71.3 Å². The van der Waals surface area contributed by atoms with Gasteiger partial charge < -0.3 is 5.73 Å². The zero-order valence-electron chi connectivity index (χ0n) is 26.3. The Morgan fingerprint density at radius 2 is 0.978 bits per heavy atom. The first-order chi connectivity index (χ1) is 22.2. The van der Waals surface area contributed by atoms with Crippen molar-refractivity contribution in [1.82, 2.24) is 0 Å². The van der Waals surface area contributed by atoms with Crippen LogP contribution in [0.4, 0.5) is 0 Å². The minimum Gasteiger partial charge on any atom is -0.404 e. The van der Waals surface area contributed by atoms with E-state index in [2.05, 4.69) is 152 Å². The molecular formula is C44H39N. The Hall–Kier alpha value is -5.40. The summed E-state index contributed by atoms with van der Waals surface area (Å²) in [4.78, 5) is 0. The van der Waals surface area contributed by atoms with Crippen molar-refractivity contribution in [2.75, 3.05) is 0 Å².